The third-order valence-electron chi connectivity index (χ3n) is 4.90. The maximum absolute atomic E-state index is 12.6. The van der Waals surface area contributed by atoms with Crippen molar-refractivity contribution in [3.63, 3.8) is 0 Å². The molecule has 1 aliphatic heterocycles. The van der Waals surface area contributed by atoms with E-state index >= 15 is 0 Å². The first-order chi connectivity index (χ1) is 13.2. The van der Waals surface area contributed by atoms with Gasteiger partial charge in [-0.05, 0) is 36.4 Å². The van der Waals surface area contributed by atoms with Crippen LogP contribution in [0.2, 0.25) is 0 Å². The number of ether oxygens (including phenoxy) is 1. The van der Waals surface area contributed by atoms with Gasteiger partial charge in [0.15, 0.2) is 0 Å². The van der Waals surface area contributed by atoms with Crippen LogP contribution in [0.15, 0.2) is 53.7 Å². The van der Waals surface area contributed by atoms with E-state index in [1.807, 2.05) is 24.3 Å². The molecule has 0 bridgehead atoms. The van der Waals surface area contributed by atoms with Crippen molar-refractivity contribution in [1.29, 1.82) is 0 Å². The third kappa shape index (κ3) is 3.38. The SMILES string of the molecule is COc1ccc(N2CCN(C(=O)Cn3ncn4cccc4c3=O)CC2)cc1. The lowest BCUT2D eigenvalue weighted by Crippen LogP contribution is -2.50. The molecule has 8 nitrogen and oxygen atoms in total. The van der Waals surface area contributed by atoms with E-state index in [1.54, 1.807) is 41.1 Å². The van der Waals surface area contributed by atoms with Crippen LogP contribution in [0.25, 0.3) is 5.52 Å². The number of anilines is 1. The minimum atomic E-state index is -0.257. The molecule has 1 saturated heterocycles. The van der Waals surface area contributed by atoms with Gasteiger partial charge in [-0.3, -0.25) is 9.59 Å². The van der Waals surface area contributed by atoms with Gasteiger partial charge in [-0.25, -0.2) is 4.68 Å². The molecule has 1 fully saturated rings. The van der Waals surface area contributed by atoms with Gasteiger partial charge < -0.3 is 18.9 Å². The van der Waals surface area contributed by atoms with Crippen LogP contribution in [0.5, 0.6) is 5.75 Å². The van der Waals surface area contributed by atoms with Crippen LogP contribution in [-0.4, -0.2) is 58.3 Å². The zero-order chi connectivity index (χ0) is 18.8. The molecule has 0 spiro atoms. The first-order valence-electron chi connectivity index (χ1n) is 8.85. The van der Waals surface area contributed by atoms with Gasteiger partial charge in [-0.15, -0.1) is 0 Å². The normalized spacial score (nSPS) is 14.6. The monoisotopic (exact) mass is 367 g/mol. The molecular formula is C19H21N5O3. The van der Waals surface area contributed by atoms with E-state index in [2.05, 4.69) is 10.00 Å². The predicted octanol–water partition coefficient (Wildman–Crippen LogP) is 0.853. The predicted molar refractivity (Wildman–Crippen MR) is 101 cm³/mol. The van der Waals surface area contributed by atoms with E-state index in [4.69, 9.17) is 4.74 Å². The van der Waals surface area contributed by atoms with Crippen molar-refractivity contribution in [3.8, 4) is 5.75 Å². The van der Waals surface area contributed by atoms with Crippen LogP contribution in [-0.2, 0) is 11.3 Å². The smallest absolute Gasteiger partial charge is 0.291 e. The summed E-state index contributed by atoms with van der Waals surface area (Å²) < 4.78 is 8.07. The quantitative estimate of drug-likeness (QED) is 0.684. The second kappa shape index (κ2) is 7.14. The zero-order valence-corrected chi connectivity index (χ0v) is 15.1. The molecule has 0 unspecified atom stereocenters. The largest absolute Gasteiger partial charge is 0.497 e. The fourth-order valence-electron chi connectivity index (χ4n) is 3.33. The summed E-state index contributed by atoms with van der Waals surface area (Å²) in [6.07, 6.45) is 3.31. The summed E-state index contributed by atoms with van der Waals surface area (Å²) in [5, 5.41) is 4.09. The molecule has 0 atom stereocenters. The number of nitrogens with zero attached hydrogens (tertiary/aromatic N) is 5. The molecule has 0 N–H and O–H groups in total. The molecule has 2 aromatic heterocycles. The van der Waals surface area contributed by atoms with Crippen LogP contribution in [0, 0.1) is 0 Å². The van der Waals surface area contributed by atoms with E-state index in [9.17, 15) is 9.59 Å². The van der Waals surface area contributed by atoms with Crippen molar-refractivity contribution in [2.24, 2.45) is 0 Å². The van der Waals surface area contributed by atoms with Gasteiger partial charge in [-0.1, -0.05) is 0 Å². The van der Waals surface area contributed by atoms with Crippen LogP contribution in [0.3, 0.4) is 0 Å². The number of methoxy groups -OCH3 is 1. The van der Waals surface area contributed by atoms with Gasteiger partial charge in [0, 0.05) is 38.1 Å². The topological polar surface area (TPSA) is 72.1 Å². The Morgan fingerprint density at radius 2 is 1.85 bits per heavy atom. The molecule has 3 aromatic rings. The third-order valence-corrected chi connectivity index (χ3v) is 4.90. The fraction of sp³-hybridized carbons (Fsp3) is 0.316. The molecular weight excluding hydrogens is 346 g/mol. The molecule has 3 heterocycles. The Balaban J connectivity index is 1.39. The first kappa shape index (κ1) is 17.1. The van der Waals surface area contributed by atoms with Gasteiger partial charge in [0.2, 0.25) is 5.91 Å². The van der Waals surface area contributed by atoms with Crippen LogP contribution in [0.1, 0.15) is 0 Å². The lowest BCUT2D eigenvalue weighted by molar-refractivity contribution is -0.132. The van der Waals surface area contributed by atoms with E-state index in [0.29, 0.717) is 18.6 Å². The summed E-state index contributed by atoms with van der Waals surface area (Å²) in [4.78, 5) is 29.0. The highest BCUT2D eigenvalue weighted by Gasteiger charge is 2.22. The molecule has 0 saturated carbocycles. The maximum atomic E-state index is 12.6. The second-order valence-electron chi connectivity index (χ2n) is 6.46. The van der Waals surface area contributed by atoms with Crippen LogP contribution in [0.4, 0.5) is 5.69 Å². The Labute approximate surface area is 156 Å². The van der Waals surface area contributed by atoms with Gasteiger partial charge >= 0.3 is 0 Å². The number of aromatic nitrogens is 3. The number of benzene rings is 1. The van der Waals surface area contributed by atoms with Crippen LogP contribution < -0.4 is 15.2 Å². The second-order valence-corrected chi connectivity index (χ2v) is 6.46. The lowest BCUT2D eigenvalue weighted by Gasteiger charge is -2.36. The average molecular weight is 367 g/mol. The Hall–Kier alpha value is -3.29. The zero-order valence-electron chi connectivity index (χ0n) is 15.1. The maximum Gasteiger partial charge on any atom is 0.291 e. The number of hydrogen-bond acceptors (Lipinski definition) is 5. The van der Waals surface area contributed by atoms with Crippen LogP contribution >= 0.6 is 0 Å². The van der Waals surface area contributed by atoms with Gasteiger partial charge in [0.25, 0.3) is 5.56 Å². The molecule has 4 rings (SSSR count). The molecule has 0 radical (unpaired) electrons. The van der Waals surface area contributed by atoms with Crippen molar-refractivity contribution in [1.82, 2.24) is 19.1 Å². The summed E-state index contributed by atoms with van der Waals surface area (Å²) in [6, 6.07) is 11.4. The molecule has 1 aromatic carbocycles. The highest BCUT2D eigenvalue weighted by Crippen LogP contribution is 2.20. The van der Waals surface area contributed by atoms with E-state index in [0.717, 1.165) is 24.5 Å². The Kier molecular flexibility index (Phi) is 4.53. The summed E-state index contributed by atoms with van der Waals surface area (Å²) in [5.41, 5.74) is 1.37. The van der Waals surface area contributed by atoms with E-state index < -0.39 is 0 Å². The summed E-state index contributed by atoms with van der Waals surface area (Å²) >= 11 is 0. The van der Waals surface area contributed by atoms with Gasteiger partial charge in [0.1, 0.15) is 24.1 Å². The molecule has 1 amide bonds. The molecule has 27 heavy (non-hydrogen) atoms. The van der Waals surface area contributed by atoms with Crippen molar-refractivity contribution in [2.75, 3.05) is 38.2 Å². The van der Waals surface area contributed by atoms with Crippen molar-refractivity contribution >= 4 is 17.1 Å². The molecule has 0 aliphatic carbocycles. The Morgan fingerprint density at radius 1 is 1.11 bits per heavy atom. The molecule has 8 heteroatoms. The van der Waals surface area contributed by atoms with Crippen molar-refractivity contribution in [2.45, 2.75) is 6.54 Å². The number of fused-ring (bicyclic) bond motifs is 1. The summed E-state index contributed by atoms with van der Waals surface area (Å²) in [5.74, 6) is 0.736. The van der Waals surface area contributed by atoms with Crippen molar-refractivity contribution < 1.29 is 9.53 Å². The Bertz CT molecular complexity index is 1000. The summed E-state index contributed by atoms with van der Waals surface area (Å²) in [6.45, 7) is 2.69. The standard InChI is InChI=1S/C19H21N5O3/c1-27-16-6-4-15(5-7-16)21-9-11-22(12-10-21)18(25)13-24-19(26)17-3-2-8-23(17)14-20-24/h2-8,14H,9-13H2,1H3. The van der Waals surface area contributed by atoms with Gasteiger partial charge in [-0.2, -0.15) is 5.10 Å². The fourth-order valence-corrected chi connectivity index (χ4v) is 3.33. The highest BCUT2D eigenvalue weighted by atomic mass is 16.5. The molecule has 140 valence electrons. The number of hydrogen-bond donors (Lipinski definition) is 0. The minimum Gasteiger partial charge on any atom is -0.497 e. The van der Waals surface area contributed by atoms with Gasteiger partial charge in [0.05, 0.1) is 7.11 Å². The van der Waals surface area contributed by atoms with Crippen molar-refractivity contribution in [3.05, 3.63) is 59.3 Å². The number of amides is 1. The Morgan fingerprint density at radius 3 is 2.56 bits per heavy atom. The number of rotatable bonds is 4. The highest BCUT2D eigenvalue weighted by molar-refractivity contribution is 5.76. The first-order valence-corrected chi connectivity index (χ1v) is 8.85. The minimum absolute atomic E-state index is 0.0386. The lowest BCUT2D eigenvalue weighted by atomic mass is 10.2. The van der Waals surface area contributed by atoms with E-state index in [-0.39, 0.29) is 18.0 Å². The van der Waals surface area contributed by atoms with E-state index in [1.165, 1.54) is 4.68 Å². The summed E-state index contributed by atoms with van der Waals surface area (Å²) in [7, 11) is 1.65. The average Bonchev–Trinajstić information content (AvgIpc) is 3.20. The molecule has 1 aliphatic rings. The number of carbonyl (C=O) groups excluding carboxylic acids is 1. The number of piperazine rings is 1. The number of carbonyl (C=O) groups is 1.